The van der Waals surface area contributed by atoms with Crippen molar-refractivity contribution in [1.82, 2.24) is 15.5 Å². The van der Waals surface area contributed by atoms with Gasteiger partial charge in [-0.2, -0.15) is 0 Å². The van der Waals surface area contributed by atoms with Crippen LogP contribution in [0.1, 0.15) is 31.7 Å². The first kappa shape index (κ1) is 22.0. The first-order valence-electron chi connectivity index (χ1n) is 8.45. The average Bonchev–Trinajstić information content (AvgIpc) is 3.33. The second-order valence-electron chi connectivity index (χ2n) is 6.45. The Labute approximate surface area is 172 Å². The maximum absolute atomic E-state index is 11.6. The van der Waals surface area contributed by atoms with E-state index in [0.717, 1.165) is 36.9 Å². The molecular weight excluding hydrogens is 451 g/mol. The molecule has 140 valence electrons. The fraction of sp³-hybridized carbons (Fsp3) is 0.556. The summed E-state index contributed by atoms with van der Waals surface area (Å²) in [6.45, 7) is 4.13. The number of nitrogens with one attached hydrogen (secondary N) is 2. The Morgan fingerprint density at radius 1 is 1.32 bits per heavy atom. The molecule has 25 heavy (non-hydrogen) atoms. The first-order chi connectivity index (χ1) is 11.5. The maximum atomic E-state index is 11.6. The fourth-order valence-electron chi connectivity index (χ4n) is 2.59. The van der Waals surface area contributed by atoms with E-state index in [-0.39, 0.29) is 35.3 Å². The Kier molecular flexibility index (Phi) is 8.99. The molecule has 0 aromatic heterocycles. The summed E-state index contributed by atoms with van der Waals surface area (Å²) in [7, 11) is 3.53. The first-order valence-corrected chi connectivity index (χ1v) is 8.83. The van der Waals surface area contributed by atoms with E-state index in [4.69, 9.17) is 16.6 Å². The van der Waals surface area contributed by atoms with Gasteiger partial charge in [0.1, 0.15) is 0 Å². The number of carbonyl (C=O) groups excluding carboxylic acids is 1. The molecule has 1 aliphatic carbocycles. The SMILES string of the molecule is CCNC(=NCC1(c2cccc(Cl)c2)CC1)NCCC(=O)N(C)C.I. The Balaban J connectivity index is 0.00000312. The van der Waals surface area contributed by atoms with Crippen LogP contribution < -0.4 is 10.6 Å². The lowest BCUT2D eigenvalue weighted by molar-refractivity contribution is -0.128. The molecule has 1 saturated carbocycles. The second-order valence-corrected chi connectivity index (χ2v) is 6.89. The minimum Gasteiger partial charge on any atom is -0.357 e. The van der Waals surface area contributed by atoms with Gasteiger partial charge in [0.25, 0.3) is 0 Å². The van der Waals surface area contributed by atoms with E-state index in [2.05, 4.69) is 16.7 Å². The standard InChI is InChI=1S/C18H27ClN4O.HI/c1-4-20-17(21-11-8-16(24)23(2)3)22-13-18(9-10-18)14-6-5-7-15(19)12-14;/h5-7,12H,4,8-11,13H2,1-3H3,(H2,20,21,22);1H. The average molecular weight is 479 g/mol. The molecule has 2 rings (SSSR count). The monoisotopic (exact) mass is 478 g/mol. The summed E-state index contributed by atoms with van der Waals surface area (Å²) < 4.78 is 0. The predicted octanol–water partition coefficient (Wildman–Crippen LogP) is 3.02. The molecule has 0 bridgehead atoms. The van der Waals surface area contributed by atoms with Crippen molar-refractivity contribution in [2.24, 2.45) is 4.99 Å². The Morgan fingerprint density at radius 3 is 2.60 bits per heavy atom. The minimum absolute atomic E-state index is 0. The van der Waals surface area contributed by atoms with Crippen LogP contribution in [0.4, 0.5) is 0 Å². The van der Waals surface area contributed by atoms with E-state index in [1.165, 1.54) is 5.56 Å². The van der Waals surface area contributed by atoms with Crippen molar-refractivity contribution in [3.8, 4) is 0 Å². The number of benzene rings is 1. The lowest BCUT2D eigenvalue weighted by Gasteiger charge is -2.16. The topological polar surface area (TPSA) is 56.7 Å². The quantitative estimate of drug-likeness (QED) is 0.360. The third-order valence-electron chi connectivity index (χ3n) is 4.30. The van der Waals surface area contributed by atoms with E-state index in [9.17, 15) is 4.79 Å². The smallest absolute Gasteiger partial charge is 0.223 e. The maximum Gasteiger partial charge on any atom is 0.223 e. The number of hydrogen-bond donors (Lipinski definition) is 2. The summed E-state index contributed by atoms with van der Waals surface area (Å²) in [4.78, 5) is 18.0. The fourth-order valence-corrected chi connectivity index (χ4v) is 2.78. The van der Waals surface area contributed by atoms with Crippen LogP contribution in [0.2, 0.25) is 5.02 Å². The number of halogens is 2. The molecule has 1 fully saturated rings. The third kappa shape index (κ3) is 6.66. The van der Waals surface area contributed by atoms with E-state index >= 15 is 0 Å². The van der Waals surface area contributed by atoms with Gasteiger partial charge in [0.15, 0.2) is 5.96 Å². The summed E-state index contributed by atoms with van der Waals surface area (Å²) in [6.07, 6.45) is 2.72. The highest BCUT2D eigenvalue weighted by molar-refractivity contribution is 14.0. The Morgan fingerprint density at radius 2 is 2.04 bits per heavy atom. The number of hydrogen-bond acceptors (Lipinski definition) is 2. The van der Waals surface area contributed by atoms with E-state index in [1.54, 1.807) is 19.0 Å². The van der Waals surface area contributed by atoms with Crippen LogP contribution in [0.3, 0.4) is 0 Å². The van der Waals surface area contributed by atoms with Gasteiger partial charge in [-0.15, -0.1) is 24.0 Å². The van der Waals surface area contributed by atoms with E-state index in [0.29, 0.717) is 13.0 Å². The highest BCUT2D eigenvalue weighted by Gasteiger charge is 2.44. The van der Waals surface area contributed by atoms with Crippen LogP contribution in [0, 0.1) is 0 Å². The zero-order chi connectivity index (χ0) is 17.6. The van der Waals surface area contributed by atoms with Crippen molar-refractivity contribution in [2.45, 2.75) is 31.6 Å². The van der Waals surface area contributed by atoms with Crippen molar-refractivity contribution in [2.75, 3.05) is 33.7 Å². The largest absolute Gasteiger partial charge is 0.357 e. The molecule has 0 unspecified atom stereocenters. The van der Waals surface area contributed by atoms with Crippen LogP contribution in [-0.4, -0.2) is 50.5 Å². The number of rotatable bonds is 7. The van der Waals surface area contributed by atoms with Gasteiger partial charge < -0.3 is 15.5 Å². The molecule has 7 heteroatoms. The molecule has 0 radical (unpaired) electrons. The normalized spacial score (nSPS) is 15.1. The van der Waals surface area contributed by atoms with Crippen LogP contribution in [0.5, 0.6) is 0 Å². The summed E-state index contributed by atoms with van der Waals surface area (Å²) in [5.74, 6) is 0.869. The molecule has 1 aromatic rings. The van der Waals surface area contributed by atoms with E-state index in [1.807, 2.05) is 25.1 Å². The lowest BCUT2D eigenvalue weighted by Crippen LogP contribution is -2.39. The molecule has 5 nitrogen and oxygen atoms in total. The van der Waals surface area contributed by atoms with Gasteiger partial charge in [-0.25, -0.2) is 0 Å². The van der Waals surface area contributed by atoms with Gasteiger partial charge in [0, 0.05) is 44.0 Å². The highest BCUT2D eigenvalue weighted by atomic mass is 127. The molecule has 0 spiro atoms. The molecule has 0 saturated heterocycles. The number of amides is 1. The molecule has 0 atom stereocenters. The van der Waals surface area contributed by atoms with Gasteiger partial charge >= 0.3 is 0 Å². The predicted molar refractivity (Wildman–Crippen MR) is 115 cm³/mol. The summed E-state index contributed by atoms with van der Waals surface area (Å²) in [6, 6.07) is 8.07. The minimum atomic E-state index is 0. The van der Waals surface area contributed by atoms with Crippen molar-refractivity contribution >= 4 is 47.4 Å². The van der Waals surface area contributed by atoms with Gasteiger partial charge in [-0.3, -0.25) is 9.79 Å². The molecule has 1 aliphatic rings. The summed E-state index contributed by atoms with van der Waals surface area (Å²) in [5, 5.41) is 7.24. The molecular formula is C18H28ClIN4O. The van der Waals surface area contributed by atoms with Gasteiger partial charge in [0.2, 0.25) is 5.91 Å². The van der Waals surface area contributed by atoms with Gasteiger partial charge in [-0.1, -0.05) is 23.7 Å². The van der Waals surface area contributed by atoms with Crippen LogP contribution in [0.25, 0.3) is 0 Å². The number of nitrogens with zero attached hydrogens (tertiary/aromatic N) is 2. The van der Waals surface area contributed by atoms with Crippen LogP contribution in [-0.2, 0) is 10.2 Å². The Hall–Kier alpha value is -1.02. The number of aliphatic imine (C=N–C) groups is 1. The highest BCUT2D eigenvalue weighted by Crippen LogP contribution is 2.48. The molecule has 1 aromatic carbocycles. The van der Waals surface area contributed by atoms with Crippen molar-refractivity contribution in [1.29, 1.82) is 0 Å². The Bertz CT molecular complexity index is 602. The molecule has 2 N–H and O–H groups in total. The number of carbonyl (C=O) groups is 1. The van der Waals surface area contributed by atoms with Gasteiger partial charge in [0.05, 0.1) is 6.54 Å². The second kappa shape index (κ2) is 10.2. The van der Waals surface area contributed by atoms with Crippen molar-refractivity contribution in [3.63, 3.8) is 0 Å². The number of guanidine groups is 1. The lowest BCUT2D eigenvalue weighted by atomic mass is 9.96. The zero-order valence-corrected chi connectivity index (χ0v) is 18.2. The van der Waals surface area contributed by atoms with Crippen LogP contribution in [0.15, 0.2) is 29.3 Å². The van der Waals surface area contributed by atoms with Gasteiger partial charge in [-0.05, 0) is 37.5 Å². The summed E-state index contributed by atoms with van der Waals surface area (Å²) >= 11 is 6.12. The molecule has 1 amide bonds. The van der Waals surface area contributed by atoms with Crippen molar-refractivity contribution < 1.29 is 4.79 Å². The zero-order valence-electron chi connectivity index (χ0n) is 15.1. The summed E-state index contributed by atoms with van der Waals surface area (Å²) in [5.41, 5.74) is 1.38. The van der Waals surface area contributed by atoms with E-state index < -0.39 is 0 Å². The van der Waals surface area contributed by atoms with Crippen LogP contribution >= 0.6 is 35.6 Å². The molecule has 0 heterocycles. The third-order valence-corrected chi connectivity index (χ3v) is 4.54. The molecule has 0 aliphatic heterocycles. The van der Waals surface area contributed by atoms with Crippen molar-refractivity contribution in [3.05, 3.63) is 34.9 Å².